The average molecular weight is 212 g/mol. The minimum atomic E-state index is -0.990. The van der Waals surface area contributed by atoms with Crippen LogP contribution in [0.1, 0.15) is 13.8 Å². The second-order valence-electron chi connectivity index (χ2n) is 3.52. The number of hydrogen-bond donors (Lipinski definition) is 1. The first-order chi connectivity index (χ1) is 6.97. The summed E-state index contributed by atoms with van der Waals surface area (Å²) in [7, 11) is 1.42. The van der Waals surface area contributed by atoms with Crippen molar-refractivity contribution in [3.63, 3.8) is 0 Å². The maximum Gasteiger partial charge on any atom is 0.256 e. The molecule has 4 nitrogen and oxygen atoms in total. The molecule has 1 rings (SSSR count). The molecule has 0 bridgehead atoms. The van der Waals surface area contributed by atoms with Crippen LogP contribution in [0.25, 0.3) is 0 Å². The number of anilines is 1. The van der Waals surface area contributed by atoms with Crippen LogP contribution in [0.5, 0.6) is 0 Å². The van der Waals surface area contributed by atoms with Crippen LogP contribution in [0.2, 0.25) is 0 Å². The van der Waals surface area contributed by atoms with Crippen LogP contribution in [0, 0.1) is 5.82 Å². The Bertz CT molecular complexity index is 366. The van der Waals surface area contributed by atoms with Gasteiger partial charge in [-0.05, 0) is 19.9 Å². The SMILES string of the molecule is COC(C)(C)C(=O)Nc1ccncc1F. The quantitative estimate of drug-likeness (QED) is 0.827. The zero-order valence-electron chi connectivity index (χ0n) is 8.87. The van der Waals surface area contributed by atoms with Crippen molar-refractivity contribution in [2.45, 2.75) is 19.4 Å². The van der Waals surface area contributed by atoms with E-state index in [2.05, 4.69) is 10.3 Å². The first kappa shape index (κ1) is 11.6. The number of aromatic nitrogens is 1. The number of halogens is 1. The third kappa shape index (κ3) is 2.73. The fourth-order valence-corrected chi connectivity index (χ4v) is 0.842. The van der Waals surface area contributed by atoms with Crippen molar-refractivity contribution < 1.29 is 13.9 Å². The van der Waals surface area contributed by atoms with E-state index >= 15 is 0 Å². The zero-order valence-corrected chi connectivity index (χ0v) is 8.87. The van der Waals surface area contributed by atoms with E-state index in [9.17, 15) is 9.18 Å². The fourth-order valence-electron chi connectivity index (χ4n) is 0.842. The molecule has 5 heteroatoms. The van der Waals surface area contributed by atoms with Crippen LogP contribution < -0.4 is 5.32 Å². The molecule has 82 valence electrons. The monoisotopic (exact) mass is 212 g/mol. The van der Waals surface area contributed by atoms with Crippen molar-refractivity contribution in [1.29, 1.82) is 0 Å². The highest BCUT2D eigenvalue weighted by molar-refractivity contribution is 5.96. The van der Waals surface area contributed by atoms with Crippen LogP contribution in [0.15, 0.2) is 18.5 Å². The third-order valence-electron chi connectivity index (χ3n) is 2.08. The lowest BCUT2D eigenvalue weighted by Gasteiger charge is -2.21. The van der Waals surface area contributed by atoms with Gasteiger partial charge in [-0.15, -0.1) is 0 Å². The van der Waals surface area contributed by atoms with Crippen LogP contribution in [0.4, 0.5) is 10.1 Å². The van der Waals surface area contributed by atoms with Crippen molar-refractivity contribution in [3.05, 3.63) is 24.3 Å². The Balaban J connectivity index is 2.80. The van der Waals surface area contributed by atoms with Gasteiger partial charge in [-0.25, -0.2) is 4.39 Å². The van der Waals surface area contributed by atoms with E-state index in [1.807, 2.05) is 0 Å². The zero-order chi connectivity index (χ0) is 11.5. The molecule has 0 aliphatic carbocycles. The maximum absolute atomic E-state index is 13.1. The number of carbonyl (C=O) groups excluding carboxylic acids is 1. The highest BCUT2D eigenvalue weighted by atomic mass is 19.1. The van der Waals surface area contributed by atoms with E-state index in [0.29, 0.717) is 0 Å². The van der Waals surface area contributed by atoms with Gasteiger partial charge < -0.3 is 10.1 Å². The van der Waals surface area contributed by atoms with Crippen molar-refractivity contribution in [3.8, 4) is 0 Å². The van der Waals surface area contributed by atoms with Crippen LogP contribution in [-0.2, 0) is 9.53 Å². The Morgan fingerprint density at radius 1 is 1.60 bits per heavy atom. The molecular formula is C10H13FN2O2. The van der Waals surface area contributed by atoms with Crippen LogP contribution in [0.3, 0.4) is 0 Å². The molecule has 0 saturated carbocycles. The molecule has 0 saturated heterocycles. The molecule has 0 spiro atoms. The first-order valence-corrected chi connectivity index (χ1v) is 4.43. The molecule has 0 aromatic carbocycles. The summed E-state index contributed by atoms with van der Waals surface area (Å²) >= 11 is 0. The van der Waals surface area contributed by atoms with Gasteiger partial charge in [0.05, 0.1) is 11.9 Å². The lowest BCUT2D eigenvalue weighted by Crippen LogP contribution is -2.39. The Morgan fingerprint density at radius 3 is 2.80 bits per heavy atom. The number of rotatable bonds is 3. The summed E-state index contributed by atoms with van der Waals surface area (Å²) < 4.78 is 18.1. The number of nitrogens with zero attached hydrogens (tertiary/aromatic N) is 1. The molecule has 1 aromatic rings. The Labute approximate surface area is 87.5 Å². The van der Waals surface area contributed by atoms with Gasteiger partial charge in [0.15, 0.2) is 5.82 Å². The first-order valence-electron chi connectivity index (χ1n) is 4.43. The summed E-state index contributed by atoms with van der Waals surface area (Å²) in [4.78, 5) is 15.2. The van der Waals surface area contributed by atoms with Crippen molar-refractivity contribution in [1.82, 2.24) is 4.98 Å². The van der Waals surface area contributed by atoms with Gasteiger partial charge in [-0.3, -0.25) is 9.78 Å². The smallest absolute Gasteiger partial charge is 0.256 e. The predicted molar refractivity (Wildman–Crippen MR) is 53.9 cm³/mol. The van der Waals surface area contributed by atoms with Gasteiger partial charge in [0.2, 0.25) is 0 Å². The lowest BCUT2D eigenvalue weighted by molar-refractivity contribution is -0.133. The summed E-state index contributed by atoms with van der Waals surface area (Å²) in [5.74, 6) is -0.979. The highest BCUT2D eigenvalue weighted by Crippen LogP contribution is 2.15. The lowest BCUT2D eigenvalue weighted by atomic mass is 10.1. The molecule has 1 aromatic heterocycles. The maximum atomic E-state index is 13.1. The minimum Gasteiger partial charge on any atom is -0.369 e. The number of nitrogens with one attached hydrogen (secondary N) is 1. The van der Waals surface area contributed by atoms with E-state index in [-0.39, 0.29) is 5.69 Å². The molecule has 1 amide bonds. The van der Waals surface area contributed by atoms with Gasteiger partial charge in [0.25, 0.3) is 5.91 Å². The predicted octanol–water partition coefficient (Wildman–Crippen LogP) is 1.58. The fraction of sp³-hybridized carbons (Fsp3) is 0.400. The molecule has 0 fully saturated rings. The molecule has 15 heavy (non-hydrogen) atoms. The number of carbonyl (C=O) groups is 1. The highest BCUT2D eigenvalue weighted by Gasteiger charge is 2.27. The number of pyridine rings is 1. The van der Waals surface area contributed by atoms with Gasteiger partial charge in [-0.2, -0.15) is 0 Å². The van der Waals surface area contributed by atoms with Crippen molar-refractivity contribution >= 4 is 11.6 Å². The summed E-state index contributed by atoms with van der Waals surface area (Å²) in [6.07, 6.45) is 2.44. The summed E-state index contributed by atoms with van der Waals surface area (Å²) in [5, 5.41) is 2.42. The van der Waals surface area contributed by atoms with E-state index < -0.39 is 17.3 Å². The van der Waals surface area contributed by atoms with Crippen molar-refractivity contribution in [2.24, 2.45) is 0 Å². The number of amides is 1. The molecule has 0 atom stereocenters. The molecule has 0 radical (unpaired) electrons. The Hall–Kier alpha value is -1.49. The number of methoxy groups -OCH3 is 1. The second-order valence-corrected chi connectivity index (χ2v) is 3.52. The normalized spacial score (nSPS) is 11.2. The molecule has 0 aliphatic heterocycles. The van der Waals surface area contributed by atoms with E-state index in [4.69, 9.17) is 4.74 Å². The average Bonchev–Trinajstić information content (AvgIpc) is 2.21. The van der Waals surface area contributed by atoms with E-state index in [0.717, 1.165) is 6.20 Å². The van der Waals surface area contributed by atoms with E-state index in [1.54, 1.807) is 13.8 Å². The van der Waals surface area contributed by atoms with Gasteiger partial charge in [0.1, 0.15) is 5.60 Å². The molecule has 1 heterocycles. The number of ether oxygens (including phenoxy) is 1. The molecule has 1 N–H and O–H groups in total. The van der Waals surface area contributed by atoms with Gasteiger partial charge in [-0.1, -0.05) is 0 Å². The van der Waals surface area contributed by atoms with Crippen LogP contribution in [-0.4, -0.2) is 23.6 Å². The minimum absolute atomic E-state index is 0.0973. The topological polar surface area (TPSA) is 51.2 Å². The number of hydrogen-bond acceptors (Lipinski definition) is 3. The summed E-state index contributed by atoms with van der Waals surface area (Å²) in [5.41, 5.74) is -0.893. The van der Waals surface area contributed by atoms with Crippen LogP contribution >= 0.6 is 0 Å². The van der Waals surface area contributed by atoms with Gasteiger partial charge >= 0.3 is 0 Å². The Morgan fingerprint density at radius 2 is 2.27 bits per heavy atom. The standard InChI is InChI=1S/C10H13FN2O2/c1-10(2,15-3)9(14)13-8-4-5-12-6-7(8)11/h4-6H,1-3H3,(H,12,13,14). The third-order valence-corrected chi connectivity index (χ3v) is 2.08. The van der Waals surface area contributed by atoms with Gasteiger partial charge in [0, 0.05) is 13.3 Å². The summed E-state index contributed by atoms with van der Waals surface area (Å²) in [6.45, 7) is 3.20. The second kappa shape index (κ2) is 4.35. The Kier molecular flexibility index (Phi) is 3.36. The summed E-state index contributed by atoms with van der Waals surface area (Å²) in [6, 6.07) is 1.39. The largest absolute Gasteiger partial charge is 0.369 e. The van der Waals surface area contributed by atoms with E-state index in [1.165, 1.54) is 19.4 Å². The molecular weight excluding hydrogens is 199 g/mol. The van der Waals surface area contributed by atoms with Crippen molar-refractivity contribution in [2.75, 3.05) is 12.4 Å². The molecule has 0 unspecified atom stereocenters. The molecule has 0 aliphatic rings.